The first kappa shape index (κ1) is 17.7. The van der Waals surface area contributed by atoms with Crippen molar-refractivity contribution in [1.29, 1.82) is 0 Å². The van der Waals surface area contributed by atoms with Gasteiger partial charge in [-0.05, 0) is 29.7 Å². The van der Waals surface area contributed by atoms with E-state index in [0.29, 0.717) is 24.4 Å². The van der Waals surface area contributed by atoms with E-state index in [9.17, 15) is 13.2 Å². The van der Waals surface area contributed by atoms with E-state index in [-0.39, 0.29) is 18.2 Å². The third kappa shape index (κ3) is 3.73. The van der Waals surface area contributed by atoms with E-state index in [1.54, 1.807) is 4.57 Å². The molecule has 0 radical (unpaired) electrons. The number of carbonyl (C=O) groups is 1. The second kappa shape index (κ2) is 6.81. The van der Waals surface area contributed by atoms with E-state index >= 15 is 0 Å². The number of amides is 1. The van der Waals surface area contributed by atoms with Gasteiger partial charge in [0.05, 0.1) is 11.0 Å². The molecule has 1 aliphatic heterocycles. The van der Waals surface area contributed by atoms with Gasteiger partial charge in [0.15, 0.2) is 9.84 Å². The smallest absolute Gasteiger partial charge is 0.242 e. The van der Waals surface area contributed by atoms with Crippen molar-refractivity contribution in [3.63, 3.8) is 0 Å². The molecule has 7 heteroatoms. The maximum atomic E-state index is 13.0. The number of sulfone groups is 1. The summed E-state index contributed by atoms with van der Waals surface area (Å²) in [4.78, 5) is 19.2. The van der Waals surface area contributed by atoms with Crippen LogP contribution in [-0.2, 0) is 39.9 Å². The fourth-order valence-corrected chi connectivity index (χ4v) is 4.28. The lowest BCUT2D eigenvalue weighted by Gasteiger charge is -2.29. The van der Waals surface area contributed by atoms with Gasteiger partial charge in [-0.2, -0.15) is 0 Å². The van der Waals surface area contributed by atoms with Gasteiger partial charge in [0, 0.05) is 19.3 Å². The molecule has 0 fully saturated rings. The van der Waals surface area contributed by atoms with Crippen LogP contribution in [0.25, 0.3) is 11.0 Å². The van der Waals surface area contributed by atoms with E-state index in [4.69, 9.17) is 0 Å². The molecule has 3 aromatic rings. The first-order valence-corrected chi connectivity index (χ1v) is 10.9. The fourth-order valence-electron chi connectivity index (χ4n) is 3.59. The summed E-state index contributed by atoms with van der Waals surface area (Å²) < 4.78 is 25.3. The highest BCUT2D eigenvalue weighted by atomic mass is 32.2. The highest BCUT2D eigenvalue weighted by molar-refractivity contribution is 7.89. The molecule has 0 saturated carbocycles. The van der Waals surface area contributed by atoms with Crippen molar-refractivity contribution in [2.24, 2.45) is 0 Å². The first-order chi connectivity index (χ1) is 12.9. The second-order valence-electron chi connectivity index (χ2n) is 7.01. The van der Waals surface area contributed by atoms with Gasteiger partial charge in [0.1, 0.15) is 18.1 Å². The van der Waals surface area contributed by atoms with Gasteiger partial charge < -0.3 is 9.47 Å². The summed E-state index contributed by atoms with van der Waals surface area (Å²) in [5, 5.41) is 0. The molecule has 0 spiro atoms. The quantitative estimate of drug-likeness (QED) is 0.692. The minimum absolute atomic E-state index is 0.0255. The zero-order valence-corrected chi connectivity index (χ0v) is 15.9. The third-order valence-electron chi connectivity index (χ3n) is 4.90. The van der Waals surface area contributed by atoms with Gasteiger partial charge in [-0.1, -0.05) is 36.4 Å². The largest absolute Gasteiger partial charge is 0.336 e. The average molecular weight is 383 g/mol. The molecule has 0 saturated heterocycles. The van der Waals surface area contributed by atoms with Gasteiger partial charge in [0.2, 0.25) is 5.91 Å². The van der Waals surface area contributed by atoms with Gasteiger partial charge in [0.25, 0.3) is 0 Å². The van der Waals surface area contributed by atoms with Crippen molar-refractivity contribution in [2.75, 3.05) is 12.8 Å². The van der Waals surface area contributed by atoms with Gasteiger partial charge in [-0.25, -0.2) is 13.4 Å². The van der Waals surface area contributed by atoms with Gasteiger partial charge in [-0.3, -0.25) is 4.79 Å². The third-order valence-corrected chi connectivity index (χ3v) is 5.68. The minimum atomic E-state index is -3.26. The number of rotatable bonds is 4. The summed E-state index contributed by atoms with van der Waals surface area (Å²) in [5.74, 6) is 0.199. The van der Waals surface area contributed by atoms with Crippen LogP contribution in [0.2, 0.25) is 0 Å². The van der Waals surface area contributed by atoms with Crippen LogP contribution in [0.15, 0.2) is 48.5 Å². The Bertz CT molecular complexity index is 1120. The molecule has 2 aromatic carbocycles. The summed E-state index contributed by atoms with van der Waals surface area (Å²) in [6, 6.07) is 15.6. The van der Waals surface area contributed by atoms with Crippen molar-refractivity contribution in [2.45, 2.75) is 25.3 Å². The number of fused-ring (bicyclic) bond motifs is 2. The van der Waals surface area contributed by atoms with Crippen LogP contribution in [0.3, 0.4) is 0 Å². The fraction of sp³-hybridized carbons (Fsp3) is 0.300. The Labute approximate surface area is 158 Å². The first-order valence-electron chi connectivity index (χ1n) is 8.87. The second-order valence-corrected chi connectivity index (χ2v) is 9.15. The summed E-state index contributed by atoms with van der Waals surface area (Å²) in [5.41, 5.74) is 3.94. The average Bonchev–Trinajstić information content (AvgIpc) is 2.96. The molecular formula is C20H21N3O3S. The van der Waals surface area contributed by atoms with Crippen LogP contribution in [-0.4, -0.2) is 41.6 Å². The topological polar surface area (TPSA) is 72.3 Å². The number of benzene rings is 2. The van der Waals surface area contributed by atoms with E-state index in [1.807, 2.05) is 41.3 Å². The molecule has 140 valence electrons. The molecule has 6 nitrogen and oxygen atoms in total. The summed E-state index contributed by atoms with van der Waals surface area (Å²) in [6.45, 7) is 1.35. The molecule has 1 aliphatic rings. The van der Waals surface area contributed by atoms with Crippen LogP contribution in [0, 0.1) is 0 Å². The summed E-state index contributed by atoms with van der Waals surface area (Å²) in [6.07, 6.45) is 2.02. The lowest BCUT2D eigenvalue weighted by Crippen LogP contribution is -2.38. The molecule has 0 bridgehead atoms. The SMILES string of the molecule is CS(=O)(=O)Cc1nc2ccccc2n1CC(=O)N1CCc2ccccc2C1. The summed E-state index contributed by atoms with van der Waals surface area (Å²) in [7, 11) is -3.26. The molecule has 4 rings (SSSR count). The number of para-hydroxylation sites is 2. The molecule has 2 heterocycles. The van der Waals surface area contributed by atoms with E-state index < -0.39 is 9.84 Å². The van der Waals surface area contributed by atoms with Crippen LogP contribution >= 0.6 is 0 Å². The Morgan fingerprint density at radius 1 is 1.07 bits per heavy atom. The molecule has 0 aliphatic carbocycles. The highest BCUT2D eigenvalue weighted by Crippen LogP contribution is 2.21. The van der Waals surface area contributed by atoms with Gasteiger partial charge in [-0.15, -0.1) is 0 Å². The van der Waals surface area contributed by atoms with Crippen LogP contribution < -0.4 is 0 Å². The van der Waals surface area contributed by atoms with E-state index in [2.05, 4.69) is 17.1 Å². The lowest BCUT2D eigenvalue weighted by molar-refractivity contribution is -0.132. The van der Waals surface area contributed by atoms with Crippen molar-refractivity contribution >= 4 is 26.8 Å². The van der Waals surface area contributed by atoms with Crippen molar-refractivity contribution in [3.8, 4) is 0 Å². The van der Waals surface area contributed by atoms with Crippen LogP contribution in [0.5, 0.6) is 0 Å². The van der Waals surface area contributed by atoms with Crippen molar-refractivity contribution < 1.29 is 13.2 Å². The minimum Gasteiger partial charge on any atom is -0.336 e. The molecule has 0 unspecified atom stereocenters. The van der Waals surface area contributed by atoms with Gasteiger partial charge >= 0.3 is 0 Å². The molecule has 1 aromatic heterocycles. The predicted molar refractivity (Wildman–Crippen MR) is 104 cm³/mol. The molecular weight excluding hydrogens is 362 g/mol. The molecule has 1 amide bonds. The standard InChI is InChI=1S/C20H21N3O3S/c1-27(25,26)14-19-21-17-8-4-5-9-18(17)23(19)13-20(24)22-11-10-15-6-2-3-7-16(15)12-22/h2-9H,10-14H2,1H3. The maximum Gasteiger partial charge on any atom is 0.242 e. The van der Waals surface area contributed by atoms with Crippen LogP contribution in [0.4, 0.5) is 0 Å². The summed E-state index contributed by atoms with van der Waals surface area (Å²) >= 11 is 0. The number of carbonyl (C=O) groups excluding carboxylic acids is 1. The molecule has 0 N–H and O–H groups in total. The zero-order valence-electron chi connectivity index (χ0n) is 15.1. The molecule has 27 heavy (non-hydrogen) atoms. The van der Waals surface area contributed by atoms with E-state index in [0.717, 1.165) is 11.9 Å². The molecule has 0 atom stereocenters. The van der Waals surface area contributed by atoms with Crippen molar-refractivity contribution in [1.82, 2.24) is 14.5 Å². The lowest BCUT2D eigenvalue weighted by atomic mass is 10.00. The monoisotopic (exact) mass is 383 g/mol. The number of hydrogen-bond donors (Lipinski definition) is 0. The Morgan fingerprint density at radius 3 is 2.56 bits per heavy atom. The number of hydrogen-bond acceptors (Lipinski definition) is 4. The zero-order chi connectivity index (χ0) is 19.0. The number of aromatic nitrogens is 2. The van der Waals surface area contributed by atoms with E-state index in [1.165, 1.54) is 17.4 Å². The number of imidazole rings is 1. The predicted octanol–water partition coefficient (Wildman–Crippen LogP) is 2.17. The Morgan fingerprint density at radius 2 is 1.78 bits per heavy atom. The normalized spacial score (nSPS) is 14.3. The Hall–Kier alpha value is -2.67. The van der Waals surface area contributed by atoms with Crippen molar-refractivity contribution in [3.05, 3.63) is 65.5 Å². The number of nitrogens with zero attached hydrogens (tertiary/aromatic N) is 3. The Kier molecular flexibility index (Phi) is 4.47. The van der Waals surface area contributed by atoms with Crippen LogP contribution in [0.1, 0.15) is 17.0 Å². The Balaban J connectivity index is 1.63. The maximum absolute atomic E-state index is 13.0. The highest BCUT2D eigenvalue weighted by Gasteiger charge is 2.23.